The second kappa shape index (κ2) is 4.75. The molecular weight excluding hydrogens is 260 g/mol. The number of halogens is 1. The van der Waals surface area contributed by atoms with E-state index >= 15 is 0 Å². The summed E-state index contributed by atoms with van der Waals surface area (Å²) in [5.41, 5.74) is 5.67. The van der Waals surface area contributed by atoms with E-state index < -0.39 is 0 Å². The summed E-state index contributed by atoms with van der Waals surface area (Å²) in [6, 6.07) is 4.43. The van der Waals surface area contributed by atoms with Gasteiger partial charge in [-0.1, -0.05) is 41.4 Å². The monoisotopic (exact) mass is 280 g/mol. The molecule has 0 bridgehead atoms. The van der Waals surface area contributed by atoms with Crippen LogP contribution >= 0.6 is 15.9 Å². The maximum Gasteiger partial charge on any atom is 0.0181 e. The van der Waals surface area contributed by atoms with Gasteiger partial charge < -0.3 is 0 Å². The molecule has 0 N–H and O–H groups in total. The highest BCUT2D eigenvalue weighted by Crippen LogP contribution is 2.36. The summed E-state index contributed by atoms with van der Waals surface area (Å²) in [5.74, 6) is 0. The number of benzene rings is 1. The molecule has 0 spiro atoms. The predicted molar refractivity (Wildman–Crippen MR) is 76.1 cm³/mol. The van der Waals surface area contributed by atoms with Crippen molar-refractivity contribution in [2.24, 2.45) is 0 Å². The van der Waals surface area contributed by atoms with Gasteiger partial charge in [0.25, 0.3) is 0 Å². The fraction of sp³-hybridized carbons (Fsp3) is 0.467. The summed E-state index contributed by atoms with van der Waals surface area (Å²) in [4.78, 5) is 0. The molecule has 0 aromatic heterocycles. The van der Waals surface area contributed by atoms with Crippen LogP contribution < -0.4 is 0 Å². The Bertz CT molecular complexity index is 425. The summed E-state index contributed by atoms with van der Waals surface area (Å²) in [7, 11) is 0. The molecule has 0 aliphatic rings. The van der Waals surface area contributed by atoms with E-state index in [0.717, 1.165) is 0 Å². The second-order valence-electron chi connectivity index (χ2n) is 4.99. The van der Waals surface area contributed by atoms with Gasteiger partial charge in [-0.2, -0.15) is 0 Å². The van der Waals surface area contributed by atoms with Gasteiger partial charge in [0.1, 0.15) is 0 Å². The fourth-order valence-corrected chi connectivity index (χ4v) is 2.61. The largest absolute Gasteiger partial charge is 0.0879 e. The van der Waals surface area contributed by atoms with Gasteiger partial charge in [0, 0.05) is 9.89 Å². The summed E-state index contributed by atoms with van der Waals surface area (Å²) in [6.07, 6.45) is 2.20. The smallest absolute Gasteiger partial charge is 0.0181 e. The lowest BCUT2D eigenvalue weighted by atomic mass is 9.75. The van der Waals surface area contributed by atoms with Crippen LogP contribution in [0.5, 0.6) is 0 Å². The van der Waals surface area contributed by atoms with Gasteiger partial charge >= 0.3 is 0 Å². The molecule has 1 aromatic rings. The average molecular weight is 281 g/mol. The molecule has 0 unspecified atom stereocenters. The van der Waals surface area contributed by atoms with E-state index in [9.17, 15) is 0 Å². The Balaban J connectivity index is 3.44. The van der Waals surface area contributed by atoms with Gasteiger partial charge in [-0.15, -0.1) is 0 Å². The first-order valence-corrected chi connectivity index (χ1v) is 6.50. The quantitative estimate of drug-likeness (QED) is 0.644. The first-order valence-electron chi connectivity index (χ1n) is 5.71. The molecule has 0 nitrogen and oxygen atoms in total. The van der Waals surface area contributed by atoms with Crippen molar-refractivity contribution in [3.05, 3.63) is 44.9 Å². The van der Waals surface area contributed by atoms with Crippen LogP contribution in [0.1, 0.15) is 44.4 Å². The molecule has 0 aliphatic heterocycles. The molecule has 0 fully saturated rings. The van der Waals surface area contributed by atoms with Crippen molar-refractivity contribution in [3.8, 4) is 0 Å². The Morgan fingerprint density at radius 3 is 2.31 bits per heavy atom. The molecule has 0 heterocycles. The van der Waals surface area contributed by atoms with Gasteiger partial charge in [-0.3, -0.25) is 0 Å². The van der Waals surface area contributed by atoms with Crippen molar-refractivity contribution in [1.82, 2.24) is 0 Å². The van der Waals surface area contributed by atoms with E-state index in [2.05, 4.69) is 75.7 Å². The molecule has 1 rings (SSSR count). The van der Waals surface area contributed by atoms with E-state index in [1.807, 2.05) is 0 Å². The zero-order chi connectivity index (χ0) is 12.5. The van der Waals surface area contributed by atoms with Crippen LogP contribution in [0.2, 0.25) is 0 Å². The van der Waals surface area contributed by atoms with Crippen molar-refractivity contribution in [2.75, 3.05) is 0 Å². The van der Waals surface area contributed by atoms with Crippen LogP contribution in [0, 0.1) is 13.8 Å². The van der Waals surface area contributed by atoms with Crippen LogP contribution in [-0.4, -0.2) is 0 Å². The standard InChI is InChI=1S/C15H21Br/c1-7-11(3)15(5,6)14-9-13(16)8-10(2)12(14)4/h7-9H,1-6H3. The molecule has 1 aromatic carbocycles. The third-order valence-electron chi connectivity index (χ3n) is 3.72. The van der Waals surface area contributed by atoms with Crippen LogP contribution in [0.4, 0.5) is 0 Å². The minimum absolute atomic E-state index is 0.105. The minimum Gasteiger partial charge on any atom is -0.0879 e. The van der Waals surface area contributed by atoms with Crippen LogP contribution in [0.3, 0.4) is 0 Å². The highest BCUT2D eigenvalue weighted by molar-refractivity contribution is 9.10. The number of rotatable bonds is 2. The molecule has 0 saturated carbocycles. The molecule has 0 amide bonds. The van der Waals surface area contributed by atoms with E-state index in [0.29, 0.717) is 0 Å². The van der Waals surface area contributed by atoms with Gasteiger partial charge in [0.2, 0.25) is 0 Å². The van der Waals surface area contributed by atoms with Crippen molar-refractivity contribution >= 4 is 15.9 Å². The Morgan fingerprint density at radius 2 is 1.81 bits per heavy atom. The SMILES string of the molecule is CC=C(C)C(C)(C)c1cc(Br)cc(C)c1C. The third-order valence-corrected chi connectivity index (χ3v) is 4.18. The lowest BCUT2D eigenvalue weighted by Gasteiger charge is -2.29. The van der Waals surface area contributed by atoms with Gasteiger partial charge in [-0.05, 0) is 56.5 Å². The van der Waals surface area contributed by atoms with Crippen LogP contribution in [-0.2, 0) is 5.41 Å². The molecule has 16 heavy (non-hydrogen) atoms. The number of hydrogen-bond acceptors (Lipinski definition) is 0. The topological polar surface area (TPSA) is 0 Å². The molecule has 1 heteroatoms. The highest BCUT2D eigenvalue weighted by atomic mass is 79.9. The van der Waals surface area contributed by atoms with E-state index in [1.54, 1.807) is 0 Å². The number of hydrogen-bond donors (Lipinski definition) is 0. The lowest BCUT2D eigenvalue weighted by molar-refractivity contribution is 0.616. The Morgan fingerprint density at radius 1 is 1.25 bits per heavy atom. The van der Waals surface area contributed by atoms with Crippen molar-refractivity contribution in [3.63, 3.8) is 0 Å². The Kier molecular flexibility index (Phi) is 4.01. The highest BCUT2D eigenvalue weighted by Gasteiger charge is 2.24. The third kappa shape index (κ3) is 2.40. The zero-order valence-electron chi connectivity index (χ0n) is 11.1. The first-order chi connectivity index (χ1) is 7.30. The maximum absolute atomic E-state index is 3.59. The predicted octanol–water partition coefficient (Wildman–Crippen LogP) is 5.31. The van der Waals surface area contributed by atoms with Gasteiger partial charge in [-0.25, -0.2) is 0 Å². The lowest BCUT2D eigenvalue weighted by Crippen LogP contribution is -2.20. The summed E-state index contributed by atoms with van der Waals surface area (Å²) >= 11 is 3.59. The second-order valence-corrected chi connectivity index (χ2v) is 5.91. The van der Waals surface area contributed by atoms with E-state index in [4.69, 9.17) is 0 Å². The number of aryl methyl sites for hydroxylation is 1. The van der Waals surface area contributed by atoms with Crippen LogP contribution in [0.25, 0.3) is 0 Å². The number of allylic oxidation sites excluding steroid dienone is 2. The zero-order valence-corrected chi connectivity index (χ0v) is 12.7. The molecule has 0 radical (unpaired) electrons. The van der Waals surface area contributed by atoms with E-state index in [-0.39, 0.29) is 5.41 Å². The Labute approximate surface area is 108 Å². The maximum atomic E-state index is 3.59. The Hall–Kier alpha value is -0.560. The van der Waals surface area contributed by atoms with Crippen molar-refractivity contribution in [1.29, 1.82) is 0 Å². The molecule has 0 saturated heterocycles. The molecule has 0 aliphatic carbocycles. The van der Waals surface area contributed by atoms with E-state index in [1.165, 1.54) is 26.7 Å². The summed E-state index contributed by atoms with van der Waals surface area (Å²) in [5, 5.41) is 0. The average Bonchev–Trinajstić information content (AvgIpc) is 2.21. The minimum atomic E-state index is 0.105. The normalized spacial score (nSPS) is 13.1. The molecule has 0 atom stereocenters. The molecule has 88 valence electrons. The van der Waals surface area contributed by atoms with Crippen molar-refractivity contribution < 1.29 is 0 Å². The fourth-order valence-electron chi connectivity index (χ4n) is 2.04. The van der Waals surface area contributed by atoms with Gasteiger partial charge in [0.15, 0.2) is 0 Å². The molecular formula is C15H21Br. The summed E-state index contributed by atoms with van der Waals surface area (Å²) < 4.78 is 1.17. The van der Waals surface area contributed by atoms with Crippen molar-refractivity contribution in [2.45, 2.75) is 47.0 Å². The van der Waals surface area contributed by atoms with Gasteiger partial charge in [0.05, 0.1) is 0 Å². The van der Waals surface area contributed by atoms with Crippen LogP contribution in [0.15, 0.2) is 28.3 Å². The summed E-state index contributed by atoms with van der Waals surface area (Å²) in [6.45, 7) is 13.3. The first kappa shape index (κ1) is 13.5.